The van der Waals surface area contributed by atoms with Gasteiger partial charge in [-0.1, -0.05) is 36.4 Å². The van der Waals surface area contributed by atoms with Crippen LogP contribution in [-0.2, 0) is 33.3 Å². The average Bonchev–Trinajstić information content (AvgIpc) is 2.93. The zero-order valence-corrected chi connectivity index (χ0v) is 22.2. The third-order valence-electron chi connectivity index (χ3n) is 6.02. The molecule has 10 heteroatoms. The van der Waals surface area contributed by atoms with Crippen molar-refractivity contribution < 1.29 is 32.3 Å². The van der Waals surface area contributed by atoms with E-state index in [1.54, 1.807) is 25.7 Å². The Bertz CT molecular complexity index is 1170. The molecule has 1 aliphatic heterocycles. The number of halogens is 3. The first kappa shape index (κ1) is 29.0. The summed E-state index contributed by atoms with van der Waals surface area (Å²) in [5.41, 5.74) is 0.216. The molecule has 1 aliphatic rings. The number of benzene rings is 2. The molecule has 0 spiro atoms. The maximum atomic E-state index is 13.5. The molecule has 1 heterocycles. The van der Waals surface area contributed by atoms with Crippen molar-refractivity contribution in [2.75, 3.05) is 4.90 Å². The number of fused-ring (bicyclic) bond motifs is 1. The Balaban J connectivity index is 1.86. The third-order valence-corrected chi connectivity index (χ3v) is 6.02. The van der Waals surface area contributed by atoms with Gasteiger partial charge in [0, 0.05) is 18.2 Å². The van der Waals surface area contributed by atoms with Crippen molar-refractivity contribution >= 4 is 23.6 Å². The highest BCUT2D eigenvalue weighted by Crippen LogP contribution is 2.30. The van der Waals surface area contributed by atoms with E-state index in [1.807, 2.05) is 38.1 Å². The van der Waals surface area contributed by atoms with Gasteiger partial charge in [0.15, 0.2) is 0 Å². The summed E-state index contributed by atoms with van der Waals surface area (Å²) in [6.07, 6.45) is -4.83. The number of rotatable bonds is 6. The summed E-state index contributed by atoms with van der Waals surface area (Å²) < 4.78 is 45.0. The molecule has 0 fully saturated rings. The minimum absolute atomic E-state index is 0.179. The molecule has 7 nitrogen and oxygen atoms in total. The van der Waals surface area contributed by atoms with Crippen LogP contribution in [-0.4, -0.2) is 41.6 Å². The molecule has 3 rings (SSSR count). The molecule has 0 saturated heterocycles. The normalized spacial score (nSPS) is 16.9. The third kappa shape index (κ3) is 7.49. The fourth-order valence-electron chi connectivity index (χ4n) is 4.38. The Hall–Kier alpha value is -3.56. The van der Waals surface area contributed by atoms with Gasteiger partial charge in [-0.15, -0.1) is 0 Å². The molecule has 2 N–H and O–H groups in total. The SMILES string of the molecule is CC(C)N1C(=O)C(NC(=O)C(Cc2cccc(C(F)(F)F)c2)NC(=O)OC(C)(C)C)CCc2ccccc21. The number of nitrogens with zero attached hydrogens (tertiary/aromatic N) is 1. The van der Waals surface area contributed by atoms with Crippen molar-refractivity contribution in [3.8, 4) is 0 Å². The number of alkyl carbamates (subject to hydrolysis) is 1. The van der Waals surface area contributed by atoms with Gasteiger partial charge in [0.05, 0.1) is 5.56 Å². The van der Waals surface area contributed by atoms with Crippen molar-refractivity contribution in [3.05, 3.63) is 65.2 Å². The largest absolute Gasteiger partial charge is 0.444 e. The van der Waals surface area contributed by atoms with Gasteiger partial charge in [-0.3, -0.25) is 9.59 Å². The number of carbonyl (C=O) groups excluding carboxylic acids is 3. The number of hydrogen-bond acceptors (Lipinski definition) is 4. The standard InChI is InChI=1S/C28H34F3N3O4/c1-17(2)34-23-12-7-6-10-19(23)13-14-21(25(34)36)32-24(35)22(33-26(37)38-27(3,4)5)16-18-9-8-11-20(15-18)28(29,30)31/h6-12,15,17,21-22H,13-14,16H2,1-5H3,(H,32,35)(H,33,37). The van der Waals surface area contributed by atoms with Crippen LogP contribution in [0.15, 0.2) is 48.5 Å². The lowest BCUT2D eigenvalue weighted by Crippen LogP contribution is -2.56. The second-order valence-electron chi connectivity index (χ2n) is 10.6. The summed E-state index contributed by atoms with van der Waals surface area (Å²) in [6, 6.07) is 9.73. The number of anilines is 1. The first-order valence-electron chi connectivity index (χ1n) is 12.5. The van der Waals surface area contributed by atoms with E-state index in [-0.39, 0.29) is 23.9 Å². The van der Waals surface area contributed by atoms with Crippen molar-refractivity contribution in [2.45, 2.75) is 83.8 Å². The lowest BCUT2D eigenvalue weighted by Gasteiger charge is -2.30. The van der Waals surface area contributed by atoms with E-state index in [4.69, 9.17) is 4.74 Å². The van der Waals surface area contributed by atoms with Gasteiger partial charge < -0.3 is 20.3 Å². The van der Waals surface area contributed by atoms with Crippen LogP contribution in [0, 0.1) is 0 Å². The molecule has 2 aromatic carbocycles. The number of nitrogens with one attached hydrogen (secondary N) is 2. The summed E-state index contributed by atoms with van der Waals surface area (Å²) in [5, 5.41) is 5.21. The molecule has 2 atom stereocenters. The number of hydrogen-bond donors (Lipinski definition) is 2. The van der Waals surface area contributed by atoms with Gasteiger partial charge >= 0.3 is 12.3 Å². The maximum Gasteiger partial charge on any atom is 0.416 e. The molecule has 206 valence electrons. The Morgan fingerprint density at radius 1 is 1.08 bits per heavy atom. The van der Waals surface area contributed by atoms with E-state index in [9.17, 15) is 27.6 Å². The van der Waals surface area contributed by atoms with Crippen molar-refractivity contribution in [3.63, 3.8) is 0 Å². The zero-order chi connectivity index (χ0) is 28.3. The van der Waals surface area contributed by atoms with Gasteiger partial charge in [-0.25, -0.2) is 4.79 Å². The van der Waals surface area contributed by atoms with Crippen molar-refractivity contribution in [1.29, 1.82) is 0 Å². The van der Waals surface area contributed by atoms with E-state index < -0.39 is 41.4 Å². The van der Waals surface area contributed by atoms with Gasteiger partial charge in [0.1, 0.15) is 17.7 Å². The summed E-state index contributed by atoms with van der Waals surface area (Å²) in [4.78, 5) is 41.1. The van der Waals surface area contributed by atoms with Gasteiger partial charge in [0.25, 0.3) is 0 Å². The summed E-state index contributed by atoms with van der Waals surface area (Å²) in [5.74, 6) is -0.991. The highest BCUT2D eigenvalue weighted by molar-refractivity contribution is 6.01. The van der Waals surface area contributed by atoms with Crippen molar-refractivity contribution in [1.82, 2.24) is 10.6 Å². The van der Waals surface area contributed by atoms with E-state index in [2.05, 4.69) is 10.6 Å². The molecule has 0 saturated carbocycles. The Labute approximate surface area is 220 Å². The lowest BCUT2D eigenvalue weighted by atomic mass is 10.0. The van der Waals surface area contributed by atoms with Crippen LogP contribution in [0.25, 0.3) is 0 Å². The van der Waals surface area contributed by atoms with Gasteiger partial charge in [0.2, 0.25) is 11.8 Å². The highest BCUT2D eigenvalue weighted by Gasteiger charge is 2.35. The van der Waals surface area contributed by atoms with Crippen LogP contribution in [0.3, 0.4) is 0 Å². The van der Waals surface area contributed by atoms with E-state index in [1.165, 1.54) is 12.1 Å². The first-order valence-corrected chi connectivity index (χ1v) is 12.5. The highest BCUT2D eigenvalue weighted by atomic mass is 19.4. The quantitative estimate of drug-likeness (QED) is 0.546. The molecule has 3 amide bonds. The van der Waals surface area contributed by atoms with Crippen LogP contribution >= 0.6 is 0 Å². The summed E-state index contributed by atoms with van der Waals surface area (Å²) in [6.45, 7) is 8.70. The van der Waals surface area contributed by atoms with Crippen LogP contribution in [0.2, 0.25) is 0 Å². The fourth-order valence-corrected chi connectivity index (χ4v) is 4.38. The fraction of sp³-hybridized carbons (Fsp3) is 0.464. The number of amides is 3. The van der Waals surface area contributed by atoms with Crippen LogP contribution in [0.5, 0.6) is 0 Å². The van der Waals surface area contributed by atoms with Crippen LogP contribution in [0.1, 0.15) is 57.7 Å². The smallest absolute Gasteiger partial charge is 0.416 e. The van der Waals surface area contributed by atoms with E-state index >= 15 is 0 Å². The molecule has 0 aromatic heterocycles. The number of para-hydroxylation sites is 1. The summed E-state index contributed by atoms with van der Waals surface area (Å²) in [7, 11) is 0. The number of aryl methyl sites for hydroxylation is 1. The number of alkyl halides is 3. The van der Waals surface area contributed by atoms with Crippen molar-refractivity contribution in [2.24, 2.45) is 0 Å². The predicted octanol–water partition coefficient (Wildman–Crippen LogP) is 5.01. The van der Waals surface area contributed by atoms with E-state index in [0.29, 0.717) is 12.8 Å². The summed E-state index contributed by atoms with van der Waals surface area (Å²) >= 11 is 0. The maximum absolute atomic E-state index is 13.5. The molecule has 38 heavy (non-hydrogen) atoms. The molecule has 2 aromatic rings. The molecular formula is C28H34F3N3O4. The van der Waals surface area contributed by atoms with Crippen LogP contribution in [0.4, 0.5) is 23.7 Å². The molecule has 0 aliphatic carbocycles. The average molecular weight is 534 g/mol. The molecular weight excluding hydrogens is 499 g/mol. The molecule has 0 radical (unpaired) electrons. The number of ether oxygens (including phenoxy) is 1. The number of carbonyl (C=O) groups is 3. The Morgan fingerprint density at radius 2 is 1.76 bits per heavy atom. The first-order chi connectivity index (χ1) is 17.7. The van der Waals surface area contributed by atoms with Gasteiger partial charge in [-0.2, -0.15) is 13.2 Å². The second-order valence-corrected chi connectivity index (χ2v) is 10.6. The van der Waals surface area contributed by atoms with Crippen LogP contribution < -0.4 is 15.5 Å². The molecule has 0 bridgehead atoms. The Kier molecular flexibility index (Phi) is 8.74. The zero-order valence-electron chi connectivity index (χ0n) is 22.2. The predicted molar refractivity (Wildman–Crippen MR) is 138 cm³/mol. The topological polar surface area (TPSA) is 87.7 Å². The van der Waals surface area contributed by atoms with Gasteiger partial charge in [-0.05, 0) is 70.7 Å². The van der Waals surface area contributed by atoms with E-state index in [0.717, 1.165) is 23.4 Å². The lowest BCUT2D eigenvalue weighted by molar-refractivity contribution is -0.137. The monoisotopic (exact) mass is 533 g/mol. The minimum atomic E-state index is -4.56. The second kappa shape index (κ2) is 11.4. The molecule has 2 unspecified atom stereocenters. The minimum Gasteiger partial charge on any atom is -0.444 e. The Morgan fingerprint density at radius 3 is 2.39 bits per heavy atom.